The minimum absolute atomic E-state index is 0.0186. The molecule has 1 unspecified atom stereocenters. The van der Waals surface area contributed by atoms with E-state index in [0.29, 0.717) is 12.2 Å². The summed E-state index contributed by atoms with van der Waals surface area (Å²) < 4.78 is 18.2. The van der Waals surface area contributed by atoms with Crippen molar-refractivity contribution in [3.05, 3.63) is 34.2 Å². The second-order valence-electron chi connectivity index (χ2n) is 5.70. The average molecular weight is 427 g/mol. The Morgan fingerprint density at radius 3 is 2.96 bits per heavy atom. The van der Waals surface area contributed by atoms with Crippen LogP contribution in [0.2, 0.25) is 0 Å². The molecule has 1 saturated heterocycles. The maximum atomic E-state index is 13.3. The summed E-state index contributed by atoms with van der Waals surface area (Å²) in [6, 6.07) is 4.14. The van der Waals surface area contributed by atoms with Crippen LogP contribution >= 0.6 is 15.9 Å². The molecule has 9 nitrogen and oxygen atoms in total. The highest BCUT2D eigenvalue weighted by Gasteiger charge is 2.25. The standard InChI is InChI=1S/C15H16BrFN6O3/c16-10-6-9(3-4-11(10)17)19-13(21-25)12-14(23-26-22-12)20-15(24)8-2-1-5-18-7-8/h3-4,6,8,18,25H,1-2,5,7H2,(H,19,21)(H,20,23,24). The second-order valence-corrected chi connectivity index (χ2v) is 6.55. The lowest BCUT2D eigenvalue weighted by Crippen LogP contribution is -2.37. The predicted molar refractivity (Wildman–Crippen MR) is 94.6 cm³/mol. The lowest BCUT2D eigenvalue weighted by atomic mass is 9.99. The van der Waals surface area contributed by atoms with Crippen molar-refractivity contribution in [2.75, 3.05) is 23.7 Å². The Morgan fingerprint density at radius 1 is 1.42 bits per heavy atom. The number of halogens is 2. The van der Waals surface area contributed by atoms with Crippen LogP contribution < -0.4 is 16.0 Å². The highest BCUT2D eigenvalue weighted by Crippen LogP contribution is 2.22. The van der Waals surface area contributed by atoms with Crippen LogP contribution in [0.5, 0.6) is 0 Å². The first-order valence-electron chi connectivity index (χ1n) is 7.87. The molecule has 2 heterocycles. The fourth-order valence-electron chi connectivity index (χ4n) is 2.56. The molecule has 0 bridgehead atoms. The summed E-state index contributed by atoms with van der Waals surface area (Å²) in [6.45, 7) is 1.47. The van der Waals surface area contributed by atoms with Gasteiger partial charge < -0.3 is 21.2 Å². The smallest absolute Gasteiger partial charge is 0.230 e. The molecule has 26 heavy (non-hydrogen) atoms. The quantitative estimate of drug-likeness (QED) is 0.255. The molecular weight excluding hydrogens is 411 g/mol. The van der Waals surface area contributed by atoms with Crippen LogP contribution in [0.4, 0.5) is 15.9 Å². The number of amides is 1. The van der Waals surface area contributed by atoms with Gasteiger partial charge in [0.25, 0.3) is 0 Å². The number of rotatable bonds is 4. The van der Waals surface area contributed by atoms with Gasteiger partial charge >= 0.3 is 0 Å². The number of anilines is 2. The van der Waals surface area contributed by atoms with Gasteiger partial charge in [0.2, 0.25) is 17.6 Å². The Hall–Kier alpha value is -2.53. The number of carbonyl (C=O) groups excluding carboxylic acids is 1. The Morgan fingerprint density at radius 2 is 2.27 bits per heavy atom. The van der Waals surface area contributed by atoms with Crippen molar-refractivity contribution in [3.8, 4) is 0 Å². The van der Waals surface area contributed by atoms with E-state index < -0.39 is 5.82 Å². The zero-order chi connectivity index (χ0) is 18.5. The van der Waals surface area contributed by atoms with Gasteiger partial charge in [-0.3, -0.25) is 4.79 Å². The van der Waals surface area contributed by atoms with E-state index in [1.807, 2.05) is 0 Å². The Bertz CT molecular complexity index is 821. The fraction of sp³-hybridized carbons (Fsp3) is 0.333. The highest BCUT2D eigenvalue weighted by atomic mass is 79.9. The SMILES string of the molecule is O=C(Nc1nonc1/C(=N\O)Nc1ccc(F)c(Br)c1)C1CCCNC1. The van der Waals surface area contributed by atoms with Crippen molar-refractivity contribution < 1.29 is 19.0 Å². The van der Waals surface area contributed by atoms with E-state index in [0.717, 1.165) is 19.4 Å². The summed E-state index contributed by atoms with van der Waals surface area (Å²) in [5, 5.41) is 28.3. The van der Waals surface area contributed by atoms with Crippen molar-refractivity contribution >= 4 is 39.2 Å². The first-order valence-corrected chi connectivity index (χ1v) is 8.66. The van der Waals surface area contributed by atoms with Gasteiger partial charge in [0, 0.05) is 12.2 Å². The molecule has 1 aromatic heterocycles. The van der Waals surface area contributed by atoms with E-state index in [1.165, 1.54) is 18.2 Å². The summed E-state index contributed by atoms with van der Waals surface area (Å²) in [5.41, 5.74) is 0.452. The predicted octanol–water partition coefficient (Wildman–Crippen LogP) is 2.16. The van der Waals surface area contributed by atoms with Gasteiger partial charge in [-0.2, -0.15) is 0 Å². The molecule has 0 saturated carbocycles. The van der Waals surface area contributed by atoms with Gasteiger partial charge in [-0.15, -0.1) is 0 Å². The second kappa shape index (κ2) is 8.23. The zero-order valence-corrected chi connectivity index (χ0v) is 15.1. The van der Waals surface area contributed by atoms with E-state index in [4.69, 9.17) is 0 Å². The highest BCUT2D eigenvalue weighted by molar-refractivity contribution is 9.10. The normalized spacial score (nSPS) is 17.8. The van der Waals surface area contributed by atoms with E-state index in [2.05, 4.69) is 52.0 Å². The summed E-state index contributed by atoms with van der Waals surface area (Å²) in [5.74, 6) is -0.932. The van der Waals surface area contributed by atoms with Crippen molar-refractivity contribution in [1.29, 1.82) is 0 Å². The van der Waals surface area contributed by atoms with Crippen molar-refractivity contribution in [2.45, 2.75) is 12.8 Å². The lowest BCUT2D eigenvalue weighted by molar-refractivity contribution is -0.120. The van der Waals surface area contributed by atoms with Crippen LogP contribution in [0.1, 0.15) is 18.5 Å². The molecule has 0 aliphatic carbocycles. The van der Waals surface area contributed by atoms with Crippen molar-refractivity contribution in [2.24, 2.45) is 11.1 Å². The molecular formula is C15H16BrFN6O3. The van der Waals surface area contributed by atoms with Gasteiger partial charge in [0.05, 0.1) is 10.4 Å². The van der Waals surface area contributed by atoms with Gasteiger partial charge in [-0.1, -0.05) is 5.16 Å². The molecule has 1 amide bonds. The molecule has 0 spiro atoms. The molecule has 1 aliphatic heterocycles. The third-order valence-corrected chi connectivity index (χ3v) is 4.51. The van der Waals surface area contributed by atoms with Gasteiger partial charge in [-0.05, 0) is 63.8 Å². The monoisotopic (exact) mass is 426 g/mol. The zero-order valence-electron chi connectivity index (χ0n) is 13.5. The molecule has 2 aromatic rings. The minimum Gasteiger partial charge on any atom is -0.409 e. The number of hydrogen-bond donors (Lipinski definition) is 4. The van der Waals surface area contributed by atoms with Gasteiger partial charge in [-0.25, -0.2) is 9.02 Å². The van der Waals surface area contributed by atoms with Gasteiger partial charge in [0.15, 0.2) is 5.69 Å². The van der Waals surface area contributed by atoms with Crippen LogP contribution in [0, 0.1) is 11.7 Å². The van der Waals surface area contributed by atoms with E-state index >= 15 is 0 Å². The number of piperidine rings is 1. The molecule has 138 valence electrons. The first-order chi connectivity index (χ1) is 12.6. The van der Waals surface area contributed by atoms with Crippen molar-refractivity contribution in [3.63, 3.8) is 0 Å². The number of aromatic nitrogens is 2. The Kier molecular flexibility index (Phi) is 5.78. The number of carbonyl (C=O) groups is 1. The maximum Gasteiger partial charge on any atom is 0.230 e. The number of oxime groups is 1. The first kappa shape index (κ1) is 18.3. The van der Waals surface area contributed by atoms with E-state index in [-0.39, 0.29) is 33.6 Å². The summed E-state index contributed by atoms with van der Waals surface area (Å²) in [7, 11) is 0. The number of nitrogens with zero attached hydrogens (tertiary/aromatic N) is 3. The molecule has 1 aromatic carbocycles. The molecule has 1 aliphatic rings. The summed E-state index contributed by atoms with van der Waals surface area (Å²) >= 11 is 3.07. The fourth-order valence-corrected chi connectivity index (χ4v) is 2.94. The van der Waals surface area contributed by atoms with Crippen molar-refractivity contribution in [1.82, 2.24) is 15.6 Å². The lowest BCUT2D eigenvalue weighted by Gasteiger charge is -2.21. The summed E-state index contributed by atoms with van der Waals surface area (Å²) in [6.07, 6.45) is 1.68. The number of benzene rings is 1. The largest absolute Gasteiger partial charge is 0.409 e. The van der Waals surface area contributed by atoms with E-state index in [9.17, 15) is 14.4 Å². The molecule has 4 N–H and O–H groups in total. The molecule has 1 fully saturated rings. The molecule has 3 rings (SSSR count). The van der Waals surface area contributed by atoms with Crippen LogP contribution in [-0.4, -0.2) is 40.4 Å². The van der Waals surface area contributed by atoms with Crippen LogP contribution in [0.25, 0.3) is 0 Å². The van der Waals surface area contributed by atoms with Crippen LogP contribution in [-0.2, 0) is 4.79 Å². The molecule has 11 heteroatoms. The summed E-state index contributed by atoms with van der Waals surface area (Å²) in [4.78, 5) is 12.3. The van der Waals surface area contributed by atoms with Gasteiger partial charge in [0.1, 0.15) is 5.82 Å². The van der Waals surface area contributed by atoms with Crippen LogP contribution in [0.15, 0.2) is 32.5 Å². The Balaban J connectivity index is 1.74. The molecule has 1 atom stereocenters. The Labute approximate surface area is 156 Å². The minimum atomic E-state index is -0.435. The molecule has 0 radical (unpaired) electrons. The van der Waals surface area contributed by atoms with E-state index in [1.54, 1.807) is 0 Å². The average Bonchev–Trinajstić information content (AvgIpc) is 3.11. The third-order valence-electron chi connectivity index (χ3n) is 3.90. The number of amidine groups is 1. The number of hydrogen-bond acceptors (Lipinski definition) is 7. The maximum absolute atomic E-state index is 13.3. The topological polar surface area (TPSA) is 125 Å². The number of nitrogens with one attached hydrogen (secondary N) is 3. The third kappa shape index (κ3) is 4.17. The van der Waals surface area contributed by atoms with Crippen LogP contribution in [0.3, 0.4) is 0 Å².